The Morgan fingerprint density at radius 3 is 2.55 bits per heavy atom. The van der Waals surface area contributed by atoms with E-state index < -0.39 is 0 Å². The SMILES string of the molecule is CN=C(NCCOc1ccccc1Cl)NCC(C)(C)OC.I. The summed E-state index contributed by atoms with van der Waals surface area (Å²) >= 11 is 6.01. The van der Waals surface area contributed by atoms with Crippen molar-refractivity contribution in [3.8, 4) is 5.75 Å². The number of ether oxygens (including phenoxy) is 2. The molecule has 7 heteroatoms. The summed E-state index contributed by atoms with van der Waals surface area (Å²) in [4.78, 5) is 4.14. The topological polar surface area (TPSA) is 54.9 Å². The van der Waals surface area contributed by atoms with Crippen molar-refractivity contribution in [1.29, 1.82) is 0 Å². The van der Waals surface area contributed by atoms with Crippen molar-refractivity contribution in [2.24, 2.45) is 4.99 Å². The van der Waals surface area contributed by atoms with Gasteiger partial charge in [-0.3, -0.25) is 4.99 Å². The fourth-order valence-electron chi connectivity index (χ4n) is 1.48. The van der Waals surface area contributed by atoms with E-state index in [-0.39, 0.29) is 29.6 Å². The average Bonchev–Trinajstić information content (AvgIpc) is 2.48. The molecule has 1 aromatic rings. The molecular formula is C15H25ClIN3O2. The summed E-state index contributed by atoms with van der Waals surface area (Å²) in [5.74, 6) is 1.40. The smallest absolute Gasteiger partial charge is 0.191 e. The van der Waals surface area contributed by atoms with Crippen molar-refractivity contribution in [3.63, 3.8) is 0 Å². The summed E-state index contributed by atoms with van der Waals surface area (Å²) in [5.41, 5.74) is -0.244. The monoisotopic (exact) mass is 441 g/mol. The van der Waals surface area contributed by atoms with E-state index in [9.17, 15) is 0 Å². The standard InChI is InChI=1S/C15H24ClN3O2.HI/c1-15(2,20-4)11-19-14(17-3)18-9-10-21-13-8-6-5-7-12(13)16;/h5-8H,9-11H2,1-4H3,(H2,17,18,19);1H. The number of benzene rings is 1. The maximum atomic E-state index is 6.01. The lowest BCUT2D eigenvalue weighted by Crippen LogP contribution is -2.46. The van der Waals surface area contributed by atoms with Gasteiger partial charge in [-0.25, -0.2) is 0 Å². The number of hydrogen-bond acceptors (Lipinski definition) is 3. The van der Waals surface area contributed by atoms with Crippen LogP contribution in [-0.2, 0) is 4.74 Å². The van der Waals surface area contributed by atoms with Gasteiger partial charge < -0.3 is 20.1 Å². The summed E-state index contributed by atoms with van der Waals surface area (Å²) in [7, 11) is 3.42. The lowest BCUT2D eigenvalue weighted by Gasteiger charge is -2.24. The van der Waals surface area contributed by atoms with Gasteiger partial charge in [0.05, 0.1) is 17.2 Å². The third kappa shape index (κ3) is 8.05. The Labute approximate surface area is 154 Å². The second-order valence-electron chi connectivity index (χ2n) is 5.10. The van der Waals surface area contributed by atoms with Crippen molar-refractivity contribution in [2.75, 3.05) is 33.9 Å². The number of nitrogens with zero attached hydrogens (tertiary/aromatic N) is 1. The van der Waals surface area contributed by atoms with Crippen LogP contribution >= 0.6 is 35.6 Å². The first-order valence-electron chi connectivity index (χ1n) is 6.85. The lowest BCUT2D eigenvalue weighted by atomic mass is 10.1. The number of nitrogens with one attached hydrogen (secondary N) is 2. The molecule has 0 unspecified atom stereocenters. The van der Waals surface area contributed by atoms with E-state index in [1.807, 2.05) is 32.0 Å². The number of rotatable bonds is 7. The third-order valence-electron chi connectivity index (χ3n) is 2.95. The largest absolute Gasteiger partial charge is 0.490 e. The van der Waals surface area contributed by atoms with Gasteiger partial charge in [-0.1, -0.05) is 23.7 Å². The summed E-state index contributed by atoms with van der Waals surface area (Å²) < 4.78 is 10.9. The fraction of sp³-hybridized carbons (Fsp3) is 0.533. The number of para-hydroxylation sites is 1. The Balaban J connectivity index is 0.00000441. The lowest BCUT2D eigenvalue weighted by molar-refractivity contribution is 0.0268. The molecule has 0 amide bonds. The van der Waals surface area contributed by atoms with Gasteiger partial charge in [-0.05, 0) is 26.0 Å². The highest BCUT2D eigenvalue weighted by molar-refractivity contribution is 14.0. The van der Waals surface area contributed by atoms with Crippen LogP contribution in [0.5, 0.6) is 5.75 Å². The summed E-state index contributed by atoms with van der Waals surface area (Å²) in [5, 5.41) is 6.99. The zero-order chi connectivity index (χ0) is 15.7. The van der Waals surface area contributed by atoms with Gasteiger partial charge in [-0.15, -0.1) is 24.0 Å². The Bertz CT molecular complexity index is 470. The maximum absolute atomic E-state index is 6.01. The normalized spacial score (nSPS) is 11.6. The molecule has 0 saturated heterocycles. The van der Waals surface area contributed by atoms with Crippen LogP contribution in [-0.4, -0.2) is 45.4 Å². The molecule has 2 N–H and O–H groups in total. The number of guanidine groups is 1. The fourth-order valence-corrected chi connectivity index (χ4v) is 1.67. The molecule has 5 nitrogen and oxygen atoms in total. The molecular weight excluding hydrogens is 417 g/mol. The van der Waals surface area contributed by atoms with E-state index in [0.717, 1.165) is 0 Å². The molecule has 0 atom stereocenters. The third-order valence-corrected chi connectivity index (χ3v) is 3.26. The van der Waals surface area contributed by atoms with Crippen LogP contribution in [0.4, 0.5) is 0 Å². The minimum Gasteiger partial charge on any atom is -0.490 e. The molecule has 1 rings (SSSR count). The zero-order valence-electron chi connectivity index (χ0n) is 13.5. The van der Waals surface area contributed by atoms with Crippen LogP contribution in [0.15, 0.2) is 29.3 Å². The van der Waals surface area contributed by atoms with Gasteiger partial charge in [0.25, 0.3) is 0 Å². The predicted octanol–water partition coefficient (Wildman–Crippen LogP) is 2.93. The highest BCUT2D eigenvalue weighted by Gasteiger charge is 2.16. The van der Waals surface area contributed by atoms with Gasteiger partial charge in [0, 0.05) is 20.7 Å². The molecule has 0 fully saturated rings. The molecule has 0 aromatic heterocycles. The van der Waals surface area contributed by atoms with Gasteiger partial charge in [0.15, 0.2) is 5.96 Å². The molecule has 0 heterocycles. The van der Waals surface area contributed by atoms with Gasteiger partial charge in [0.1, 0.15) is 12.4 Å². The van der Waals surface area contributed by atoms with E-state index in [1.165, 1.54) is 0 Å². The number of hydrogen-bond donors (Lipinski definition) is 2. The Morgan fingerprint density at radius 2 is 1.95 bits per heavy atom. The quantitative estimate of drug-likeness (QED) is 0.296. The molecule has 126 valence electrons. The highest BCUT2D eigenvalue weighted by atomic mass is 127. The van der Waals surface area contributed by atoms with E-state index in [4.69, 9.17) is 21.1 Å². The number of aliphatic imine (C=N–C) groups is 1. The van der Waals surface area contributed by atoms with Crippen LogP contribution < -0.4 is 15.4 Å². The van der Waals surface area contributed by atoms with Crippen molar-refractivity contribution < 1.29 is 9.47 Å². The van der Waals surface area contributed by atoms with Crippen LogP contribution in [0.3, 0.4) is 0 Å². The number of halogens is 2. The molecule has 0 bridgehead atoms. The molecule has 0 aliphatic heterocycles. The van der Waals surface area contributed by atoms with E-state index in [1.54, 1.807) is 20.2 Å². The van der Waals surface area contributed by atoms with Crippen LogP contribution in [0.25, 0.3) is 0 Å². The predicted molar refractivity (Wildman–Crippen MR) is 103 cm³/mol. The average molecular weight is 442 g/mol. The first kappa shape index (κ1) is 21.3. The van der Waals surface area contributed by atoms with E-state index >= 15 is 0 Å². The van der Waals surface area contributed by atoms with Gasteiger partial charge in [-0.2, -0.15) is 0 Å². The van der Waals surface area contributed by atoms with Crippen molar-refractivity contribution >= 4 is 41.5 Å². The molecule has 0 radical (unpaired) electrons. The summed E-state index contributed by atoms with van der Waals surface area (Å²) in [6.45, 7) is 5.80. The zero-order valence-corrected chi connectivity index (χ0v) is 16.6. The minimum atomic E-state index is -0.244. The first-order chi connectivity index (χ1) is 9.98. The highest BCUT2D eigenvalue weighted by Crippen LogP contribution is 2.22. The van der Waals surface area contributed by atoms with Crippen LogP contribution in [0.1, 0.15) is 13.8 Å². The summed E-state index contributed by atoms with van der Waals surface area (Å²) in [6.07, 6.45) is 0. The second-order valence-corrected chi connectivity index (χ2v) is 5.50. The second kappa shape index (κ2) is 10.9. The molecule has 0 spiro atoms. The molecule has 1 aromatic carbocycles. The molecule has 22 heavy (non-hydrogen) atoms. The van der Waals surface area contributed by atoms with Crippen molar-refractivity contribution in [1.82, 2.24) is 10.6 Å². The Kier molecular flexibility index (Phi) is 10.5. The summed E-state index contributed by atoms with van der Waals surface area (Å²) in [6, 6.07) is 7.41. The molecule has 0 aliphatic rings. The van der Waals surface area contributed by atoms with Gasteiger partial charge >= 0.3 is 0 Å². The van der Waals surface area contributed by atoms with Crippen LogP contribution in [0.2, 0.25) is 5.02 Å². The molecule has 0 aliphatic carbocycles. The number of methoxy groups -OCH3 is 1. The van der Waals surface area contributed by atoms with E-state index in [0.29, 0.717) is 36.4 Å². The Morgan fingerprint density at radius 1 is 1.27 bits per heavy atom. The minimum absolute atomic E-state index is 0. The van der Waals surface area contributed by atoms with E-state index in [2.05, 4.69) is 15.6 Å². The Hall–Kier alpha value is -0.730. The maximum Gasteiger partial charge on any atom is 0.191 e. The first-order valence-corrected chi connectivity index (χ1v) is 7.23. The van der Waals surface area contributed by atoms with Crippen molar-refractivity contribution in [3.05, 3.63) is 29.3 Å². The van der Waals surface area contributed by atoms with Gasteiger partial charge in [0.2, 0.25) is 0 Å². The molecule has 0 saturated carbocycles. The van der Waals surface area contributed by atoms with Crippen LogP contribution in [0, 0.1) is 0 Å². The van der Waals surface area contributed by atoms with Crippen molar-refractivity contribution in [2.45, 2.75) is 19.4 Å².